The van der Waals surface area contributed by atoms with Crippen LogP contribution in [0.15, 0.2) is 43.0 Å². The Bertz CT molecular complexity index is 576. The van der Waals surface area contributed by atoms with Gasteiger partial charge < -0.3 is 24.8 Å². The Balaban J connectivity index is 0.0000102. The van der Waals surface area contributed by atoms with Crippen molar-refractivity contribution in [1.82, 2.24) is 10.6 Å². The van der Waals surface area contributed by atoms with Gasteiger partial charge in [-0.05, 0) is 31.4 Å². The van der Waals surface area contributed by atoms with E-state index < -0.39 is 5.97 Å². The Kier molecular flexibility index (Phi) is 18.8. The highest BCUT2D eigenvalue weighted by molar-refractivity contribution is 5.85. The van der Waals surface area contributed by atoms with E-state index in [-0.39, 0.29) is 17.8 Å². The van der Waals surface area contributed by atoms with Crippen molar-refractivity contribution in [2.24, 2.45) is 5.41 Å². The van der Waals surface area contributed by atoms with E-state index in [9.17, 15) is 0 Å². The molecule has 1 unspecified atom stereocenters. The molecular weight excluding hydrogens is 436 g/mol. The fourth-order valence-electron chi connectivity index (χ4n) is 4.50. The predicted octanol–water partition coefficient (Wildman–Crippen LogP) is 6.08. The SMILES string of the molecule is C=CC(CCCCCCCC)(CCCNCCNCc1ccccc1)C(OC)(OC)OC.Cl. The van der Waals surface area contributed by atoms with Crippen LogP contribution in [0.5, 0.6) is 0 Å². The molecular formula is C27H49ClN2O3. The lowest BCUT2D eigenvalue weighted by Crippen LogP contribution is -2.52. The molecule has 5 nitrogen and oxygen atoms in total. The number of nitrogens with one attached hydrogen (secondary N) is 2. The first-order valence-corrected chi connectivity index (χ1v) is 12.4. The minimum absolute atomic E-state index is 0. The molecule has 1 atom stereocenters. The van der Waals surface area contributed by atoms with E-state index in [1.54, 1.807) is 21.3 Å². The van der Waals surface area contributed by atoms with Crippen molar-refractivity contribution < 1.29 is 14.2 Å². The molecule has 0 aliphatic carbocycles. The third-order valence-electron chi connectivity index (χ3n) is 6.41. The van der Waals surface area contributed by atoms with E-state index in [0.29, 0.717) is 0 Å². The molecule has 33 heavy (non-hydrogen) atoms. The second-order valence-electron chi connectivity index (χ2n) is 8.56. The van der Waals surface area contributed by atoms with Gasteiger partial charge in [-0.2, -0.15) is 0 Å². The molecule has 0 spiro atoms. The van der Waals surface area contributed by atoms with Crippen molar-refractivity contribution in [2.45, 2.75) is 77.2 Å². The largest absolute Gasteiger partial charge is 0.330 e. The third-order valence-corrected chi connectivity index (χ3v) is 6.41. The number of halogens is 1. The van der Waals surface area contributed by atoms with Crippen LogP contribution in [-0.2, 0) is 20.8 Å². The van der Waals surface area contributed by atoms with Gasteiger partial charge in [0.15, 0.2) is 0 Å². The van der Waals surface area contributed by atoms with Crippen LogP contribution in [-0.4, -0.2) is 46.9 Å². The number of benzene rings is 1. The highest BCUT2D eigenvalue weighted by atomic mass is 35.5. The molecule has 192 valence electrons. The van der Waals surface area contributed by atoms with Crippen molar-refractivity contribution >= 4 is 12.4 Å². The number of unbranched alkanes of at least 4 members (excludes halogenated alkanes) is 5. The average molecular weight is 485 g/mol. The molecule has 0 saturated heterocycles. The Labute approximate surface area is 209 Å². The van der Waals surface area contributed by atoms with Gasteiger partial charge in [0.2, 0.25) is 0 Å². The summed E-state index contributed by atoms with van der Waals surface area (Å²) in [7, 11) is 4.97. The number of rotatable bonds is 21. The van der Waals surface area contributed by atoms with Gasteiger partial charge in [-0.3, -0.25) is 0 Å². The average Bonchev–Trinajstić information content (AvgIpc) is 2.84. The zero-order valence-corrected chi connectivity index (χ0v) is 22.3. The summed E-state index contributed by atoms with van der Waals surface area (Å²) in [6.07, 6.45) is 12.3. The standard InChI is InChI=1S/C27H48N2O3.ClH/c1-6-8-9-10-11-15-19-26(7-2,27(30-3,31-4)32-5)20-16-21-28-22-23-29-24-25-17-13-12-14-18-25;/h7,12-14,17-18,28-29H,2,6,8-11,15-16,19-24H2,1,3-5H3;1H. The first kappa shape index (κ1) is 32.0. The first-order valence-electron chi connectivity index (χ1n) is 12.4. The highest BCUT2D eigenvalue weighted by Crippen LogP contribution is 2.45. The number of methoxy groups -OCH3 is 3. The third kappa shape index (κ3) is 10.9. The Morgan fingerprint density at radius 2 is 1.36 bits per heavy atom. The quantitative estimate of drug-likeness (QED) is 0.126. The second-order valence-corrected chi connectivity index (χ2v) is 8.56. The maximum atomic E-state index is 5.79. The normalized spacial score (nSPS) is 13.3. The Morgan fingerprint density at radius 3 is 1.97 bits per heavy atom. The minimum Gasteiger partial charge on any atom is -0.330 e. The van der Waals surface area contributed by atoms with Crippen molar-refractivity contribution in [2.75, 3.05) is 41.0 Å². The van der Waals surface area contributed by atoms with Crippen LogP contribution < -0.4 is 10.6 Å². The number of ether oxygens (including phenoxy) is 3. The molecule has 1 aromatic rings. The van der Waals surface area contributed by atoms with Gasteiger partial charge in [-0.1, -0.05) is 81.9 Å². The molecule has 0 amide bonds. The van der Waals surface area contributed by atoms with E-state index in [1.165, 1.54) is 37.7 Å². The summed E-state index contributed by atoms with van der Waals surface area (Å²) in [4.78, 5) is 0. The van der Waals surface area contributed by atoms with Gasteiger partial charge >= 0.3 is 0 Å². The zero-order valence-electron chi connectivity index (χ0n) is 21.5. The monoisotopic (exact) mass is 484 g/mol. The molecule has 0 bridgehead atoms. The lowest BCUT2D eigenvalue weighted by Gasteiger charge is -2.45. The fourth-order valence-corrected chi connectivity index (χ4v) is 4.50. The van der Waals surface area contributed by atoms with Crippen LogP contribution in [0.25, 0.3) is 0 Å². The van der Waals surface area contributed by atoms with Crippen LogP contribution >= 0.6 is 12.4 Å². The Morgan fingerprint density at radius 1 is 0.788 bits per heavy atom. The molecule has 0 aromatic heterocycles. The summed E-state index contributed by atoms with van der Waals surface area (Å²) < 4.78 is 17.4. The van der Waals surface area contributed by atoms with Gasteiger partial charge in [-0.15, -0.1) is 19.0 Å². The lowest BCUT2D eigenvalue weighted by molar-refractivity contribution is -0.399. The van der Waals surface area contributed by atoms with Crippen molar-refractivity contribution in [3.8, 4) is 0 Å². The van der Waals surface area contributed by atoms with Crippen LogP contribution in [0, 0.1) is 5.41 Å². The first-order chi connectivity index (χ1) is 15.6. The van der Waals surface area contributed by atoms with Crippen LogP contribution in [0.3, 0.4) is 0 Å². The molecule has 6 heteroatoms. The topological polar surface area (TPSA) is 51.8 Å². The number of hydrogen-bond acceptors (Lipinski definition) is 5. The molecule has 0 aliphatic rings. The summed E-state index contributed by atoms with van der Waals surface area (Å²) in [6, 6.07) is 10.5. The van der Waals surface area contributed by atoms with Crippen LogP contribution in [0.4, 0.5) is 0 Å². The van der Waals surface area contributed by atoms with Gasteiger partial charge in [0.05, 0.1) is 5.41 Å². The summed E-state index contributed by atoms with van der Waals surface area (Å²) in [5, 5.41) is 7.03. The van der Waals surface area contributed by atoms with E-state index >= 15 is 0 Å². The van der Waals surface area contributed by atoms with E-state index in [0.717, 1.165) is 51.9 Å². The molecule has 2 N–H and O–H groups in total. The van der Waals surface area contributed by atoms with E-state index in [2.05, 4.69) is 48.4 Å². The number of hydrogen-bond donors (Lipinski definition) is 2. The van der Waals surface area contributed by atoms with Gasteiger partial charge in [0.25, 0.3) is 5.97 Å². The predicted molar refractivity (Wildman–Crippen MR) is 142 cm³/mol. The summed E-state index contributed by atoms with van der Waals surface area (Å²) >= 11 is 0. The molecule has 0 radical (unpaired) electrons. The van der Waals surface area contributed by atoms with Gasteiger partial charge in [0.1, 0.15) is 0 Å². The molecule has 1 aromatic carbocycles. The molecule has 0 fully saturated rings. The fraction of sp³-hybridized carbons (Fsp3) is 0.704. The lowest BCUT2D eigenvalue weighted by atomic mass is 9.75. The maximum absolute atomic E-state index is 5.79. The van der Waals surface area contributed by atoms with E-state index in [4.69, 9.17) is 14.2 Å². The minimum atomic E-state index is -1.10. The summed E-state index contributed by atoms with van der Waals surface area (Å²) in [5.41, 5.74) is 0.927. The van der Waals surface area contributed by atoms with Crippen molar-refractivity contribution in [1.29, 1.82) is 0 Å². The van der Waals surface area contributed by atoms with E-state index in [1.807, 2.05) is 12.1 Å². The van der Waals surface area contributed by atoms with Crippen LogP contribution in [0.2, 0.25) is 0 Å². The molecule has 0 heterocycles. The zero-order chi connectivity index (χ0) is 23.5. The van der Waals surface area contributed by atoms with Crippen molar-refractivity contribution in [3.63, 3.8) is 0 Å². The maximum Gasteiger partial charge on any atom is 0.291 e. The van der Waals surface area contributed by atoms with Gasteiger partial charge in [0, 0.05) is 41.0 Å². The molecule has 1 rings (SSSR count). The Hall–Kier alpha value is -0.950. The molecule has 0 aliphatic heterocycles. The summed E-state index contributed by atoms with van der Waals surface area (Å²) in [6.45, 7) is 10.1. The highest BCUT2D eigenvalue weighted by Gasteiger charge is 2.51. The second kappa shape index (κ2) is 19.4. The van der Waals surface area contributed by atoms with Crippen molar-refractivity contribution in [3.05, 3.63) is 48.6 Å². The summed E-state index contributed by atoms with van der Waals surface area (Å²) in [5.74, 6) is -1.10. The van der Waals surface area contributed by atoms with Gasteiger partial charge in [-0.25, -0.2) is 0 Å². The van der Waals surface area contributed by atoms with Crippen LogP contribution in [0.1, 0.15) is 70.3 Å². The molecule has 0 saturated carbocycles. The smallest absolute Gasteiger partial charge is 0.291 e.